The van der Waals surface area contributed by atoms with Crippen LogP contribution in [0.15, 0.2) is 24.3 Å². The Morgan fingerprint density at radius 2 is 1.82 bits per heavy atom. The second kappa shape index (κ2) is 5.63. The van der Waals surface area contributed by atoms with E-state index in [-0.39, 0.29) is 11.9 Å². The monoisotopic (exact) mass is 235 g/mol. The summed E-state index contributed by atoms with van der Waals surface area (Å²) >= 11 is 0. The third-order valence-corrected chi connectivity index (χ3v) is 3.99. The van der Waals surface area contributed by atoms with E-state index in [4.69, 9.17) is 0 Å². The molecule has 2 heteroatoms. The topological polar surface area (TPSA) is 12.0 Å². The highest BCUT2D eigenvalue weighted by molar-refractivity contribution is 5.20. The van der Waals surface area contributed by atoms with Crippen LogP contribution in [0.5, 0.6) is 0 Å². The van der Waals surface area contributed by atoms with E-state index in [9.17, 15) is 4.39 Å². The number of halogens is 1. The van der Waals surface area contributed by atoms with Crippen LogP contribution in [-0.4, -0.2) is 6.04 Å². The highest BCUT2D eigenvalue weighted by Gasteiger charge is 2.23. The molecular formula is C15H22FN. The van der Waals surface area contributed by atoms with Gasteiger partial charge < -0.3 is 5.32 Å². The minimum Gasteiger partial charge on any atom is -0.307 e. The lowest BCUT2D eigenvalue weighted by molar-refractivity contribution is 0.348. The fourth-order valence-electron chi connectivity index (χ4n) is 2.90. The lowest BCUT2D eigenvalue weighted by Gasteiger charge is -2.25. The standard InChI is InChI=1S/C15H22FN/c1-11(13-7-3-4-8-13)17-12(2)14-9-5-6-10-15(14)16/h5-6,9-13,17H,3-4,7-8H2,1-2H3. The molecule has 0 aromatic heterocycles. The Kier molecular flexibility index (Phi) is 4.16. The molecule has 0 bridgehead atoms. The second-order valence-electron chi connectivity index (χ2n) is 5.24. The third kappa shape index (κ3) is 3.06. The van der Waals surface area contributed by atoms with Crippen molar-refractivity contribution in [3.63, 3.8) is 0 Å². The summed E-state index contributed by atoms with van der Waals surface area (Å²) in [5, 5.41) is 3.54. The summed E-state index contributed by atoms with van der Waals surface area (Å²) in [5.74, 6) is 0.662. The largest absolute Gasteiger partial charge is 0.307 e. The molecule has 2 unspecified atom stereocenters. The Morgan fingerprint density at radius 1 is 1.18 bits per heavy atom. The lowest BCUT2D eigenvalue weighted by Crippen LogP contribution is -2.34. The van der Waals surface area contributed by atoms with Crippen molar-refractivity contribution in [3.8, 4) is 0 Å². The van der Waals surface area contributed by atoms with Gasteiger partial charge in [-0.05, 0) is 38.7 Å². The van der Waals surface area contributed by atoms with Gasteiger partial charge in [-0.3, -0.25) is 0 Å². The first-order chi connectivity index (χ1) is 8.18. The predicted molar refractivity (Wildman–Crippen MR) is 69.4 cm³/mol. The maximum atomic E-state index is 13.6. The minimum absolute atomic E-state index is 0.0896. The van der Waals surface area contributed by atoms with Crippen molar-refractivity contribution in [1.82, 2.24) is 5.32 Å². The first kappa shape index (κ1) is 12.6. The number of nitrogens with one attached hydrogen (secondary N) is 1. The zero-order valence-corrected chi connectivity index (χ0v) is 10.7. The van der Waals surface area contributed by atoms with Gasteiger partial charge in [0.15, 0.2) is 0 Å². The van der Waals surface area contributed by atoms with E-state index in [2.05, 4.69) is 12.2 Å². The molecule has 1 aromatic carbocycles. The third-order valence-electron chi connectivity index (χ3n) is 3.99. The summed E-state index contributed by atoms with van der Waals surface area (Å²) in [7, 11) is 0. The van der Waals surface area contributed by atoms with Crippen LogP contribution >= 0.6 is 0 Å². The van der Waals surface area contributed by atoms with E-state index >= 15 is 0 Å². The van der Waals surface area contributed by atoms with Gasteiger partial charge in [0.1, 0.15) is 5.82 Å². The van der Waals surface area contributed by atoms with E-state index < -0.39 is 0 Å². The molecule has 0 saturated heterocycles. The normalized spacial score (nSPS) is 20.4. The summed E-state index contributed by atoms with van der Waals surface area (Å²) in [6.45, 7) is 4.27. The van der Waals surface area contributed by atoms with Gasteiger partial charge in [0.25, 0.3) is 0 Å². The Hall–Kier alpha value is -0.890. The summed E-state index contributed by atoms with van der Waals surface area (Å²) in [4.78, 5) is 0. The maximum Gasteiger partial charge on any atom is 0.127 e. The van der Waals surface area contributed by atoms with Gasteiger partial charge in [-0.2, -0.15) is 0 Å². The number of benzene rings is 1. The minimum atomic E-state index is -0.105. The summed E-state index contributed by atoms with van der Waals surface area (Å²) in [6, 6.07) is 7.61. The predicted octanol–water partition coefficient (Wildman–Crippen LogP) is 4.06. The van der Waals surface area contributed by atoms with E-state index in [1.165, 1.54) is 31.7 Å². The molecule has 0 aliphatic heterocycles. The van der Waals surface area contributed by atoms with Crippen LogP contribution in [0.4, 0.5) is 4.39 Å². The molecule has 2 atom stereocenters. The van der Waals surface area contributed by atoms with Gasteiger partial charge >= 0.3 is 0 Å². The van der Waals surface area contributed by atoms with Crippen LogP contribution < -0.4 is 5.32 Å². The van der Waals surface area contributed by atoms with Crippen LogP contribution in [0.1, 0.15) is 51.1 Å². The van der Waals surface area contributed by atoms with Crippen molar-refractivity contribution in [2.24, 2.45) is 5.92 Å². The zero-order chi connectivity index (χ0) is 12.3. The van der Waals surface area contributed by atoms with Gasteiger partial charge in [-0.25, -0.2) is 4.39 Å². The first-order valence-electron chi connectivity index (χ1n) is 6.69. The van der Waals surface area contributed by atoms with Crippen LogP contribution in [0, 0.1) is 11.7 Å². The van der Waals surface area contributed by atoms with E-state index in [0.29, 0.717) is 6.04 Å². The Labute approximate surface area is 103 Å². The average molecular weight is 235 g/mol. The quantitative estimate of drug-likeness (QED) is 0.830. The smallest absolute Gasteiger partial charge is 0.127 e. The molecule has 0 heterocycles. The Morgan fingerprint density at radius 3 is 2.47 bits per heavy atom. The Bertz CT molecular complexity index is 358. The first-order valence-corrected chi connectivity index (χ1v) is 6.69. The number of hydrogen-bond acceptors (Lipinski definition) is 1. The summed E-state index contributed by atoms with van der Waals surface area (Å²) < 4.78 is 13.6. The average Bonchev–Trinajstić information content (AvgIpc) is 2.82. The molecule has 1 N–H and O–H groups in total. The fraction of sp³-hybridized carbons (Fsp3) is 0.600. The molecule has 1 saturated carbocycles. The van der Waals surface area contributed by atoms with Crippen LogP contribution in [0.25, 0.3) is 0 Å². The van der Waals surface area contributed by atoms with E-state index in [1.54, 1.807) is 6.07 Å². The highest BCUT2D eigenvalue weighted by Crippen LogP contribution is 2.29. The van der Waals surface area contributed by atoms with Crippen molar-refractivity contribution in [2.45, 2.75) is 51.6 Å². The molecule has 2 rings (SSSR count). The fourth-order valence-corrected chi connectivity index (χ4v) is 2.90. The molecule has 0 spiro atoms. The maximum absolute atomic E-state index is 13.6. The van der Waals surface area contributed by atoms with Crippen LogP contribution in [0.3, 0.4) is 0 Å². The Balaban J connectivity index is 1.96. The van der Waals surface area contributed by atoms with Crippen molar-refractivity contribution in [3.05, 3.63) is 35.6 Å². The molecule has 1 nitrogen and oxygen atoms in total. The van der Waals surface area contributed by atoms with Crippen LogP contribution in [0.2, 0.25) is 0 Å². The van der Waals surface area contributed by atoms with Crippen LogP contribution in [-0.2, 0) is 0 Å². The van der Waals surface area contributed by atoms with E-state index in [1.807, 2.05) is 19.1 Å². The van der Waals surface area contributed by atoms with Crippen molar-refractivity contribution < 1.29 is 4.39 Å². The molecule has 17 heavy (non-hydrogen) atoms. The van der Waals surface area contributed by atoms with Gasteiger partial charge in [0.2, 0.25) is 0 Å². The van der Waals surface area contributed by atoms with Crippen molar-refractivity contribution in [1.29, 1.82) is 0 Å². The lowest BCUT2D eigenvalue weighted by atomic mass is 9.97. The molecule has 1 aliphatic carbocycles. The molecule has 0 amide bonds. The van der Waals surface area contributed by atoms with Crippen molar-refractivity contribution in [2.75, 3.05) is 0 Å². The van der Waals surface area contributed by atoms with Gasteiger partial charge in [0, 0.05) is 17.6 Å². The molecule has 1 aliphatic rings. The highest BCUT2D eigenvalue weighted by atomic mass is 19.1. The van der Waals surface area contributed by atoms with Crippen molar-refractivity contribution >= 4 is 0 Å². The summed E-state index contributed by atoms with van der Waals surface area (Å²) in [6.07, 6.45) is 5.34. The van der Waals surface area contributed by atoms with E-state index in [0.717, 1.165) is 11.5 Å². The zero-order valence-electron chi connectivity index (χ0n) is 10.7. The molecule has 1 aromatic rings. The second-order valence-corrected chi connectivity index (χ2v) is 5.24. The number of rotatable bonds is 4. The molecule has 94 valence electrons. The molecular weight excluding hydrogens is 213 g/mol. The molecule has 1 fully saturated rings. The van der Waals surface area contributed by atoms with Gasteiger partial charge in [-0.15, -0.1) is 0 Å². The molecule has 0 radical (unpaired) electrons. The number of hydrogen-bond donors (Lipinski definition) is 1. The SMILES string of the molecule is CC(NC(C)C1CCCC1)c1ccccc1F. The van der Waals surface area contributed by atoms with Gasteiger partial charge in [-0.1, -0.05) is 31.0 Å². The van der Waals surface area contributed by atoms with Gasteiger partial charge in [0.05, 0.1) is 0 Å². The summed E-state index contributed by atoms with van der Waals surface area (Å²) in [5.41, 5.74) is 0.775.